The predicted molar refractivity (Wildman–Crippen MR) is 128 cm³/mol. The molecule has 3 amide bonds. The number of hydrogen-bond donors (Lipinski definition) is 3. The van der Waals surface area contributed by atoms with Gasteiger partial charge in [-0.3, -0.25) is 24.2 Å². The number of nitrogens with zero attached hydrogens (tertiary/aromatic N) is 3. The number of hydrogen-bond acceptors (Lipinski definition) is 6. The zero-order chi connectivity index (χ0) is 25.6. The van der Waals surface area contributed by atoms with Crippen LogP contribution in [0.1, 0.15) is 76.2 Å². The fourth-order valence-corrected chi connectivity index (χ4v) is 4.57. The number of aliphatic carboxylic acids is 1. The Morgan fingerprint density at radius 1 is 1.06 bits per heavy atom. The maximum absolute atomic E-state index is 13.6. The largest absolute Gasteiger partial charge is 0.480 e. The Morgan fingerprint density at radius 2 is 1.74 bits per heavy atom. The Labute approximate surface area is 206 Å². The van der Waals surface area contributed by atoms with E-state index < -0.39 is 47.7 Å². The van der Waals surface area contributed by atoms with Crippen LogP contribution in [0.25, 0.3) is 0 Å². The van der Waals surface area contributed by atoms with Gasteiger partial charge < -0.3 is 20.6 Å². The second kappa shape index (κ2) is 11.6. The maximum atomic E-state index is 13.6. The maximum Gasteiger partial charge on any atom is 0.323 e. The monoisotopic (exact) mass is 487 g/mol. The molecule has 2 aliphatic rings. The highest BCUT2D eigenvalue weighted by Crippen LogP contribution is 2.31. The molecule has 1 aromatic heterocycles. The van der Waals surface area contributed by atoms with E-state index >= 15 is 0 Å². The Hall–Kier alpha value is -3.04. The molecule has 1 heterocycles. The molecule has 2 saturated carbocycles. The fourth-order valence-electron chi connectivity index (χ4n) is 4.57. The molecule has 2 atom stereocenters. The van der Waals surface area contributed by atoms with Crippen molar-refractivity contribution in [2.45, 2.75) is 77.8 Å². The Balaban J connectivity index is 1.81. The lowest BCUT2D eigenvalue weighted by Crippen LogP contribution is -2.60. The van der Waals surface area contributed by atoms with Gasteiger partial charge in [0.1, 0.15) is 24.3 Å². The number of carbonyl (C=O) groups is 4. The molecule has 0 unspecified atom stereocenters. The van der Waals surface area contributed by atoms with E-state index in [4.69, 9.17) is 0 Å². The minimum atomic E-state index is -1.09. The van der Waals surface area contributed by atoms with Gasteiger partial charge in [0, 0.05) is 18.9 Å². The van der Waals surface area contributed by atoms with E-state index in [9.17, 15) is 24.3 Å². The van der Waals surface area contributed by atoms with Crippen molar-refractivity contribution in [3.8, 4) is 0 Å². The molecule has 2 fully saturated rings. The van der Waals surface area contributed by atoms with E-state index in [1.54, 1.807) is 0 Å². The van der Waals surface area contributed by atoms with Gasteiger partial charge in [0.25, 0.3) is 5.91 Å². The summed E-state index contributed by atoms with van der Waals surface area (Å²) in [7, 11) is 0. The van der Waals surface area contributed by atoms with Gasteiger partial charge in [0.15, 0.2) is 0 Å². The first kappa shape index (κ1) is 26.6. The fraction of sp³-hybridized carbons (Fsp3) is 0.680. The number of nitrogens with one attached hydrogen (secondary N) is 2. The minimum Gasteiger partial charge on any atom is -0.480 e. The molecule has 10 nitrogen and oxygen atoms in total. The summed E-state index contributed by atoms with van der Waals surface area (Å²) in [5, 5.41) is 15.1. The second-order valence-electron chi connectivity index (χ2n) is 10.8. The van der Waals surface area contributed by atoms with Crippen molar-refractivity contribution < 1.29 is 24.3 Å². The SMILES string of the molecule is CC(C)(C)[C@H](NC(=O)[C@@H](NC(=O)c1cnccn1)C1CCCCC1)C(=O)N(CC(=O)O)CC1CC1. The van der Waals surface area contributed by atoms with Crippen LogP contribution in [0.2, 0.25) is 0 Å². The molecule has 3 N–H and O–H groups in total. The van der Waals surface area contributed by atoms with Gasteiger partial charge in [-0.05, 0) is 42.9 Å². The summed E-state index contributed by atoms with van der Waals surface area (Å²) in [6.45, 7) is 5.45. The molecule has 10 heteroatoms. The second-order valence-corrected chi connectivity index (χ2v) is 10.8. The van der Waals surface area contributed by atoms with Crippen LogP contribution in [0.3, 0.4) is 0 Å². The van der Waals surface area contributed by atoms with Crippen LogP contribution in [0.15, 0.2) is 18.6 Å². The molecule has 0 radical (unpaired) electrons. The topological polar surface area (TPSA) is 142 Å². The van der Waals surface area contributed by atoms with Gasteiger partial charge in [-0.25, -0.2) is 4.98 Å². The Bertz CT molecular complexity index is 907. The highest BCUT2D eigenvalue weighted by Gasteiger charge is 2.41. The lowest BCUT2D eigenvalue weighted by Gasteiger charge is -2.37. The summed E-state index contributed by atoms with van der Waals surface area (Å²) in [5.41, 5.74) is -0.555. The third kappa shape index (κ3) is 7.73. The van der Waals surface area contributed by atoms with Crippen molar-refractivity contribution >= 4 is 23.7 Å². The number of carboxylic acids is 1. The van der Waals surface area contributed by atoms with E-state index in [0.29, 0.717) is 12.5 Å². The first-order chi connectivity index (χ1) is 16.6. The minimum absolute atomic E-state index is 0.0679. The Morgan fingerprint density at radius 3 is 2.29 bits per heavy atom. The van der Waals surface area contributed by atoms with Crippen LogP contribution < -0.4 is 10.6 Å². The molecule has 1 aromatic rings. The van der Waals surface area contributed by atoms with Crippen LogP contribution in [0.4, 0.5) is 0 Å². The zero-order valence-electron chi connectivity index (χ0n) is 20.8. The van der Waals surface area contributed by atoms with Gasteiger partial charge >= 0.3 is 5.97 Å². The standard InChI is InChI=1S/C25H37N5O5/c1-25(2,3)21(24(35)30(15-19(31)32)14-16-9-10-16)29-23(34)20(17-7-5-4-6-8-17)28-22(33)18-13-26-11-12-27-18/h11-13,16-17,20-21H,4-10,14-15H2,1-3H3,(H,28,33)(H,29,34)(H,31,32)/t20-,21+/m0/s1. The summed E-state index contributed by atoms with van der Waals surface area (Å²) < 4.78 is 0. The number of aromatic nitrogens is 2. The van der Waals surface area contributed by atoms with Gasteiger partial charge in [-0.1, -0.05) is 40.0 Å². The number of carbonyl (C=O) groups excluding carboxylic acids is 3. The molecule has 0 aliphatic heterocycles. The van der Waals surface area contributed by atoms with Crippen LogP contribution in [-0.2, 0) is 14.4 Å². The normalized spacial score (nSPS) is 18.3. The molecule has 2 aliphatic carbocycles. The molecule has 3 rings (SSSR count). The van der Waals surface area contributed by atoms with E-state index in [0.717, 1.165) is 44.9 Å². The van der Waals surface area contributed by atoms with E-state index in [1.807, 2.05) is 20.8 Å². The van der Waals surface area contributed by atoms with E-state index in [1.165, 1.54) is 23.5 Å². The van der Waals surface area contributed by atoms with Gasteiger partial charge in [-0.2, -0.15) is 0 Å². The molecule has 0 saturated heterocycles. The lowest BCUT2D eigenvalue weighted by molar-refractivity contribution is -0.147. The van der Waals surface area contributed by atoms with Crippen LogP contribution in [-0.4, -0.2) is 68.8 Å². The Kier molecular flexibility index (Phi) is 8.80. The van der Waals surface area contributed by atoms with Crippen LogP contribution >= 0.6 is 0 Å². The molecule has 0 bridgehead atoms. The summed E-state index contributed by atoms with van der Waals surface area (Å²) in [6, 6.07) is -1.77. The highest BCUT2D eigenvalue weighted by molar-refractivity contribution is 5.97. The van der Waals surface area contributed by atoms with E-state index in [2.05, 4.69) is 20.6 Å². The van der Waals surface area contributed by atoms with E-state index in [-0.39, 0.29) is 11.6 Å². The van der Waals surface area contributed by atoms with Gasteiger partial charge in [0.2, 0.25) is 11.8 Å². The molecule has 0 spiro atoms. The van der Waals surface area contributed by atoms with Crippen molar-refractivity contribution in [1.82, 2.24) is 25.5 Å². The zero-order valence-corrected chi connectivity index (χ0v) is 20.8. The van der Waals surface area contributed by atoms with Crippen molar-refractivity contribution in [1.29, 1.82) is 0 Å². The summed E-state index contributed by atoms with van der Waals surface area (Å²) in [4.78, 5) is 60.7. The summed E-state index contributed by atoms with van der Waals surface area (Å²) >= 11 is 0. The molecular formula is C25H37N5O5. The number of rotatable bonds is 10. The molecule has 0 aromatic carbocycles. The summed E-state index contributed by atoms with van der Waals surface area (Å²) in [6.07, 6.45) is 10.7. The van der Waals surface area contributed by atoms with Crippen molar-refractivity contribution in [3.63, 3.8) is 0 Å². The van der Waals surface area contributed by atoms with Gasteiger partial charge in [0.05, 0.1) is 6.20 Å². The van der Waals surface area contributed by atoms with Crippen molar-refractivity contribution in [2.75, 3.05) is 13.1 Å². The first-order valence-corrected chi connectivity index (χ1v) is 12.4. The van der Waals surface area contributed by atoms with Crippen molar-refractivity contribution in [3.05, 3.63) is 24.3 Å². The summed E-state index contributed by atoms with van der Waals surface area (Å²) in [5.74, 6) is -2.21. The average Bonchev–Trinajstić information content (AvgIpc) is 3.64. The highest BCUT2D eigenvalue weighted by atomic mass is 16.4. The lowest BCUT2D eigenvalue weighted by atomic mass is 9.82. The van der Waals surface area contributed by atoms with Crippen molar-refractivity contribution in [2.24, 2.45) is 17.3 Å². The molecule has 35 heavy (non-hydrogen) atoms. The molecule has 192 valence electrons. The van der Waals surface area contributed by atoms with Crippen LogP contribution in [0.5, 0.6) is 0 Å². The number of amides is 3. The average molecular weight is 488 g/mol. The van der Waals surface area contributed by atoms with Gasteiger partial charge in [-0.15, -0.1) is 0 Å². The quantitative estimate of drug-likeness (QED) is 0.458. The smallest absolute Gasteiger partial charge is 0.323 e. The van der Waals surface area contributed by atoms with Crippen LogP contribution in [0, 0.1) is 17.3 Å². The first-order valence-electron chi connectivity index (χ1n) is 12.4. The third-order valence-electron chi connectivity index (χ3n) is 6.70. The third-order valence-corrected chi connectivity index (χ3v) is 6.70. The predicted octanol–water partition coefficient (Wildman–Crippen LogP) is 2.01. The number of carboxylic acid groups (broad SMARTS) is 1. The molecular weight excluding hydrogens is 450 g/mol.